The minimum absolute atomic E-state index is 0.154. The van der Waals surface area contributed by atoms with Crippen molar-refractivity contribution >= 4 is 33.4 Å². The molecule has 4 rings (SSSR count). The van der Waals surface area contributed by atoms with Crippen molar-refractivity contribution in [3.05, 3.63) is 90.5 Å². The molecule has 0 saturated carbocycles. The first-order valence-electron chi connectivity index (χ1n) is 11.2. The standard InChI is InChI=1S/C26H28N2O3S2/c29-26(25(21-11-5-3-6-12-21)32-23-13-7-4-8-14-23)27-22-15-17-24(18-16-22)33(30,31)28-19-9-1-2-10-20-28/h3-8,11-18,25H,1-2,9-10,19-20H2,(H,27,29)/t25-/m1/s1. The number of benzene rings is 3. The van der Waals surface area contributed by atoms with Gasteiger partial charge in [0.1, 0.15) is 5.25 Å². The molecule has 3 aromatic carbocycles. The summed E-state index contributed by atoms with van der Waals surface area (Å²) in [6, 6.07) is 26.0. The molecule has 0 spiro atoms. The maximum atomic E-state index is 13.2. The molecule has 0 aliphatic carbocycles. The van der Waals surface area contributed by atoms with Gasteiger partial charge in [-0.2, -0.15) is 4.31 Å². The zero-order chi connectivity index (χ0) is 23.1. The minimum atomic E-state index is -3.51. The van der Waals surface area contributed by atoms with Gasteiger partial charge in [-0.3, -0.25) is 4.79 Å². The molecule has 0 bridgehead atoms. The van der Waals surface area contributed by atoms with Crippen molar-refractivity contribution in [2.24, 2.45) is 0 Å². The number of amides is 1. The number of carbonyl (C=O) groups is 1. The van der Waals surface area contributed by atoms with Gasteiger partial charge >= 0.3 is 0 Å². The van der Waals surface area contributed by atoms with Crippen molar-refractivity contribution in [3.8, 4) is 0 Å². The van der Waals surface area contributed by atoms with Gasteiger partial charge in [-0.15, -0.1) is 11.8 Å². The number of sulfonamides is 1. The van der Waals surface area contributed by atoms with Crippen molar-refractivity contribution < 1.29 is 13.2 Å². The van der Waals surface area contributed by atoms with E-state index in [4.69, 9.17) is 0 Å². The van der Waals surface area contributed by atoms with Crippen molar-refractivity contribution in [2.45, 2.75) is 40.7 Å². The summed E-state index contributed by atoms with van der Waals surface area (Å²) < 4.78 is 27.6. The van der Waals surface area contributed by atoms with Crippen LogP contribution >= 0.6 is 11.8 Å². The summed E-state index contributed by atoms with van der Waals surface area (Å²) in [4.78, 5) is 14.5. The van der Waals surface area contributed by atoms with Gasteiger partial charge in [0.05, 0.1) is 4.90 Å². The summed E-state index contributed by atoms with van der Waals surface area (Å²) in [5.41, 5.74) is 1.48. The highest BCUT2D eigenvalue weighted by atomic mass is 32.2. The maximum absolute atomic E-state index is 13.2. The van der Waals surface area contributed by atoms with E-state index in [1.54, 1.807) is 28.6 Å². The van der Waals surface area contributed by atoms with Gasteiger partial charge in [0.25, 0.3) is 0 Å². The first-order valence-corrected chi connectivity index (χ1v) is 13.5. The third kappa shape index (κ3) is 6.05. The Kier molecular flexibility index (Phi) is 7.85. The molecule has 1 saturated heterocycles. The predicted octanol–water partition coefficient (Wildman–Crippen LogP) is 5.72. The first-order chi connectivity index (χ1) is 16.0. The summed E-state index contributed by atoms with van der Waals surface area (Å²) in [6.45, 7) is 1.13. The Morgan fingerprint density at radius 2 is 1.36 bits per heavy atom. The number of carbonyl (C=O) groups excluding carboxylic acids is 1. The molecule has 1 aliphatic rings. The van der Waals surface area contributed by atoms with Crippen LogP contribution in [0.1, 0.15) is 36.5 Å². The molecule has 1 N–H and O–H groups in total. The number of rotatable bonds is 7. The van der Waals surface area contributed by atoms with Gasteiger partial charge in [-0.1, -0.05) is 61.4 Å². The quantitative estimate of drug-likeness (QED) is 0.439. The van der Waals surface area contributed by atoms with E-state index in [0.717, 1.165) is 36.1 Å². The highest BCUT2D eigenvalue weighted by molar-refractivity contribution is 8.00. The third-order valence-electron chi connectivity index (χ3n) is 5.66. The van der Waals surface area contributed by atoms with E-state index in [1.165, 1.54) is 11.8 Å². The van der Waals surface area contributed by atoms with E-state index in [-0.39, 0.29) is 10.8 Å². The van der Waals surface area contributed by atoms with E-state index in [2.05, 4.69) is 5.32 Å². The molecule has 1 amide bonds. The van der Waals surface area contributed by atoms with E-state index in [0.29, 0.717) is 18.8 Å². The predicted molar refractivity (Wildman–Crippen MR) is 134 cm³/mol. The molecule has 0 aromatic heterocycles. The lowest BCUT2D eigenvalue weighted by Crippen LogP contribution is -2.31. The second-order valence-electron chi connectivity index (χ2n) is 8.05. The molecule has 7 heteroatoms. The zero-order valence-electron chi connectivity index (χ0n) is 18.4. The van der Waals surface area contributed by atoms with Crippen LogP contribution in [0, 0.1) is 0 Å². The normalized spacial score (nSPS) is 16.0. The molecule has 1 heterocycles. The molecule has 0 unspecified atom stereocenters. The van der Waals surface area contributed by atoms with Gasteiger partial charge in [0.15, 0.2) is 0 Å². The van der Waals surface area contributed by atoms with Crippen LogP contribution in [0.4, 0.5) is 5.69 Å². The van der Waals surface area contributed by atoms with E-state index >= 15 is 0 Å². The topological polar surface area (TPSA) is 66.5 Å². The molecule has 1 atom stereocenters. The SMILES string of the molecule is O=C(Nc1ccc(S(=O)(=O)N2CCCCCC2)cc1)[C@H](Sc1ccccc1)c1ccccc1. The average molecular weight is 481 g/mol. The Labute approximate surface area is 200 Å². The van der Waals surface area contributed by atoms with Crippen LogP contribution in [-0.2, 0) is 14.8 Å². The second kappa shape index (κ2) is 11.0. The Morgan fingerprint density at radius 1 is 0.788 bits per heavy atom. The molecule has 33 heavy (non-hydrogen) atoms. The number of nitrogens with one attached hydrogen (secondary N) is 1. The number of hydrogen-bond acceptors (Lipinski definition) is 4. The van der Waals surface area contributed by atoms with Crippen LogP contribution in [-0.4, -0.2) is 31.7 Å². The van der Waals surface area contributed by atoms with Gasteiger partial charge in [-0.25, -0.2) is 8.42 Å². The highest BCUT2D eigenvalue weighted by Gasteiger charge is 2.26. The van der Waals surface area contributed by atoms with E-state index in [1.807, 2.05) is 60.7 Å². The van der Waals surface area contributed by atoms with Gasteiger partial charge in [0.2, 0.25) is 15.9 Å². The van der Waals surface area contributed by atoms with Crippen molar-refractivity contribution in [1.29, 1.82) is 0 Å². The largest absolute Gasteiger partial charge is 0.325 e. The van der Waals surface area contributed by atoms with Crippen LogP contribution in [0.25, 0.3) is 0 Å². The van der Waals surface area contributed by atoms with Crippen LogP contribution in [0.3, 0.4) is 0 Å². The summed E-state index contributed by atoms with van der Waals surface area (Å²) >= 11 is 1.48. The lowest BCUT2D eigenvalue weighted by Gasteiger charge is -2.20. The third-order valence-corrected chi connectivity index (χ3v) is 8.84. The highest BCUT2D eigenvalue weighted by Crippen LogP contribution is 2.36. The monoisotopic (exact) mass is 480 g/mol. The van der Waals surface area contributed by atoms with Crippen molar-refractivity contribution in [3.63, 3.8) is 0 Å². The Balaban J connectivity index is 1.50. The molecule has 1 aliphatic heterocycles. The maximum Gasteiger partial charge on any atom is 0.243 e. The Bertz CT molecular complexity index is 1140. The molecule has 172 valence electrons. The van der Waals surface area contributed by atoms with Gasteiger partial charge < -0.3 is 5.32 Å². The van der Waals surface area contributed by atoms with Crippen LogP contribution < -0.4 is 5.32 Å². The molecule has 3 aromatic rings. The van der Waals surface area contributed by atoms with Crippen LogP contribution in [0.15, 0.2) is 94.7 Å². The Morgan fingerprint density at radius 3 is 1.97 bits per heavy atom. The number of thioether (sulfide) groups is 1. The van der Waals surface area contributed by atoms with Gasteiger partial charge in [0, 0.05) is 23.7 Å². The summed E-state index contributed by atoms with van der Waals surface area (Å²) in [7, 11) is -3.51. The number of nitrogens with zero attached hydrogens (tertiary/aromatic N) is 1. The lowest BCUT2D eigenvalue weighted by molar-refractivity contribution is -0.115. The molecule has 0 radical (unpaired) electrons. The molecule has 1 fully saturated rings. The summed E-state index contributed by atoms with van der Waals surface area (Å²) in [5.74, 6) is -0.154. The summed E-state index contributed by atoms with van der Waals surface area (Å²) in [5, 5.41) is 2.52. The Hall–Kier alpha value is -2.61. The fraction of sp³-hybridized carbons (Fsp3) is 0.269. The van der Waals surface area contributed by atoms with Crippen molar-refractivity contribution in [1.82, 2.24) is 4.31 Å². The molecular formula is C26H28N2O3S2. The second-order valence-corrected chi connectivity index (χ2v) is 11.2. The fourth-order valence-corrected chi connectivity index (χ4v) is 6.45. The average Bonchev–Trinajstić information content (AvgIpc) is 3.14. The number of anilines is 1. The smallest absolute Gasteiger partial charge is 0.243 e. The van der Waals surface area contributed by atoms with E-state index < -0.39 is 15.3 Å². The van der Waals surface area contributed by atoms with Gasteiger partial charge in [-0.05, 0) is 54.8 Å². The molecule has 5 nitrogen and oxygen atoms in total. The zero-order valence-corrected chi connectivity index (χ0v) is 20.0. The molecular weight excluding hydrogens is 452 g/mol. The van der Waals surface area contributed by atoms with E-state index in [9.17, 15) is 13.2 Å². The fourth-order valence-electron chi connectivity index (χ4n) is 3.89. The summed E-state index contributed by atoms with van der Waals surface area (Å²) in [6.07, 6.45) is 3.93. The number of hydrogen-bond donors (Lipinski definition) is 1. The minimum Gasteiger partial charge on any atom is -0.325 e. The van der Waals surface area contributed by atoms with Crippen molar-refractivity contribution in [2.75, 3.05) is 18.4 Å². The first kappa shape index (κ1) is 23.5. The lowest BCUT2D eigenvalue weighted by atomic mass is 10.1. The van der Waals surface area contributed by atoms with Crippen LogP contribution in [0.5, 0.6) is 0 Å². The van der Waals surface area contributed by atoms with Crippen LogP contribution in [0.2, 0.25) is 0 Å².